The maximum atomic E-state index is 12.8. The van der Waals surface area contributed by atoms with Crippen LogP contribution in [0.25, 0.3) is 0 Å². The predicted molar refractivity (Wildman–Crippen MR) is 101 cm³/mol. The third-order valence-corrected chi connectivity index (χ3v) is 4.33. The molecule has 0 aromatic heterocycles. The highest BCUT2D eigenvalue weighted by Crippen LogP contribution is 2.18. The fraction of sp³-hybridized carbons (Fsp3) is 0.526. The second-order valence-electron chi connectivity index (χ2n) is 6.40. The van der Waals surface area contributed by atoms with E-state index in [1.807, 2.05) is 7.05 Å². The molecule has 0 radical (unpaired) electrons. The molecule has 0 bridgehead atoms. The minimum absolute atomic E-state index is 0.0111. The molecule has 8 heteroatoms. The monoisotopic (exact) mass is 377 g/mol. The van der Waals surface area contributed by atoms with Gasteiger partial charge in [-0.1, -0.05) is 12.1 Å². The molecule has 0 unspecified atom stereocenters. The molecule has 0 spiro atoms. The normalized spacial score (nSPS) is 14.7. The number of carbonyl (C=O) groups is 3. The molecule has 0 aliphatic carbocycles. The zero-order valence-electron chi connectivity index (χ0n) is 15.9. The summed E-state index contributed by atoms with van der Waals surface area (Å²) in [4.78, 5) is 40.5. The quantitative estimate of drug-likeness (QED) is 0.537. The molecule has 2 rings (SSSR count). The van der Waals surface area contributed by atoms with Crippen molar-refractivity contribution in [3.05, 3.63) is 29.8 Å². The highest BCUT2D eigenvalue weighted by atomic mass is 16.6. The molecule has 8 nitrogen and oxygen atoms in total. The van der Waals surface area contributed by atoms with Crippen LogP contribution in [-0.4, -0.2) is 81.1 Å². The van der Waals surface area contributed by atoms with E-state index in [1.165, 1.54) is 7.11 Å². The van der Waals surface area contributed by atoms with Crippen LogP contribution in [0.2, 0.25) is 0 Å². The first-order valence-electron chi connectivity index (χ1n) is 9.02. The maximum absolute atomic E-state index is 12.8. The predicted octanol–water partition coefficient (Wildman–Crippen LogP) is 0.983. The van der Waals surface area contributed by atoms with Crippen LogP contribution in [0.5, 0.6) is 0 Å². The van der Waals surface area contributed by atoms with Gasteiger partial charge in [-0.05, 0) is 19.2 Å². The topological polar surface area (TPSA) is 88.2 Å². The first-order valence-corrected chi connectivity index (χ1v) is 9.02. The lowest BCUT2D eigenvalue weighted by Gasteiger charge is -2.32. The highest BCUT2D eigenvalue weighted by Gasteiger charge is 2.22. The number of nitrogens with one attached hydrogen (secondary N) is 1. The van der Waals surface area contributed by atoms with Crippen molar-refractivity contribution in [1.82, 2.24) is 9.80 Å². The third kappa shape index (κ3) is 6.65. The number of esters is 1. The summed E-state index contributed by atoms with van der Waals surface area (Å²) in [7, 11) is 3.54. The summed E-state index contributed by atoms with van der Waals surface area (Å²) in [6.45, 7) is 3.45. The molecular weight excluding hydrogens is 350 g/mol. The summed E-state index contributed by atoms with van der Waals surface area (Å²) in [6.07, 6.45) is -0.0348. The molecule has 0 saturated carbocycles. The number of para-hydroxylation sites is 1. The zero-order chi connectivity index (χ0) is 19.6. The number of carbonyl (C=O) groups excluding carboxylic acids is 3. The average molecular weight is 377 g/mol. The number of hydrogen-bond donors (Lipinski definition) is 1. The molecule has 2 amide bonds. The number of nitrogens with zero attached hydrogens (tertiary/aromatic N) is 2. The Bertz CT molecular complexity index is 657. The Kier molecular flexibility index (Phi) is 8.22. The van der Waals surface area contributed by atoms with Crippen molar-refractivity contribution < 1.29 is 23.9 Å². The van der Waals surface area contributed by atoms with Gasteiger partial charge < -0.3 is 24.6 Å². The minimum atomic E-state index is -0.455. The molecular formula is C19H27N3O5. The van der Waals surface area contributed by atoms with E-state index >= 15 is 0 Å². The summed E-state index contributed by atoms with van der Waals surface area (Å²) < 4.78 is 9.72. The highest BCUT2D eigenvalue weighted by molar-refractivity contribution is 6.04. The van der Waals surface area contributed by atoms with Gasteiger partial charge in [-0.2, -0.15) is 0 Å². The summed E-state index contributed by atoms with van der Waals surface area (Å²) in [5.41, 5.74) is 0.914. The van der Waals surface area contributed by atoms with Crippen LogP contribution >= 0.6 is 0 Å². The molecule has 1 N–H and O–H groups in total. The first kappa shape index (κ1) is 20.9. The van der Waals surface area contributed by atoms with Crippen molar-refractivity contribution in [3.8, 4) is 0 Å². The van der Waals surface area contributed by atoms with Crippen molar-refractivity contribution in [2.75, 3.05) is 58.9 Å². The summed E-state index contributed by atoms with van der Waals surface area (Å²) >= 11 is 0. The number of benzene rings is 1. The van der Waals surface area contributed by atoms with Crippen molar-refractivity contribution in [2.24, 2.45) is 0 Å². The largest absolute Gasteiger partial charge is 0.463 e. The number of piperazine rings is 1. The Balaban J connectivity index is 1.90. The number of hydrogen-bond acceptors (Lipinski definition) is 6. The smallest absolute Gasteiger partial charge is 0.306 e. The molecule has 0 atom stereocenters. The number of methoxy groups -OCH3 is 1. The number of rotatable bonds is 8. The fourth-order valence-corrected chi connectivity index (χ4v) is 2.70. The van der Waals surface area contributed by atoms with Crippen molar-refractivity contribution >= 4 is 23.5 Å². The molecule has 1 heterocycles. The summed E-state index contributed by atoms with van der Waals surface area (Å²) in [5, 5.41) is 2.73. The van der Waals surface area contributed by atoms with Gasteiger partial charge in [0.2, 0.25) is 5.91 Å². The van der Waals surface area contributed by atoms with E-state index in [0.717, 1.165) is 13.1 Å². The van der Waals surface area contributed by atoms with Gasteiger partial charge in [0.15, 0.2) is 0 Å². The van der Waals surface area contributed by atoms with E-state index in [4.69, 9.17) is 9.47 Å². The summed E-state index contributed by atoms with van der Waals surface area (Å²) in [5.74, 6) is -0.890. The number of ether oxygens (including phenoxy) is 2. The van der Waals surface area contributed by atoms with E-state index in [-0.39, 0.29) is 31.3 Å². The fourth-order valence-electron chi connectivity index (χ4n) is 2.70. The SMILES string of the molecule is COCCOC(=O)CCC(=O)Nc1ccccc1C(=O)N1CCN(C)CC1. The summed E-state index contributed by atoms with van der Waals surface area (Å²) in [6, 6.07) is 6.93. The number of amides is 2. The van der Waals surface area contributed by atoms with Crippen molar-refractivity contribution in [2.45, 2.75) is 12.8 Å². The van der Waals surface area contributed by atoms with Gasteiger partial charge in [-0.3, -0.25) is 14.4 Å². The molecule has 27 heavy (non-hydrogen) atoms. The van der Waals surface area contributed by atoms with E-state index in [0.29, 0.717) is 30.9 Å². The van der Waals surface area contributed by atoms with Crippen molar-refractivity contribution in [3.63, 3.8) is 0 Å². The molecule has 148 valence electrons. The van der Waals surface area contributed by atoms with Crippen LogP contribution in [0.3, 0.4) is 0 Å². The molecule has 1 aliphatic rings. The standard InChI is InChI=1S/C19H27N3O5/c1-21-9-11-22(12-10-21)19(25)15-5-3-4-6-16(15)20-17(23)7-8-18(24)27-14-13-26-2/h3-6H,7-14H2,1-2H3,(H,20,23). The van der Waals surface area contributed by atoms with E-state index < -0.39 is 5.97 Å². The second kappa shape index (κ2) is 10.6. The number of likely N-dealkylation sites (N-methyl/N-ethyl adjacent to an activating group) is 1. The van der Waals surface area contributed by atoms with Gasteiger partial charge in [0, 0.05) is 39.7 Å². The molecule has 1 aromatic rings. The van der Waals surface area contributed by atoms with Crippen LogP contribution in [-0.2, 0) is 19.1 Å². The lowest BCUT2D eigenvalue weighted by molar-refractivity contribution is -0.145. The van der Waals surface area contributed by atoms with Crippen LogP contribution in [0, 0.1) is 0 Å². The van der Waals surface area contributed by atoms with Gasteiger partial charge >= 0.3 is 5.97 Å². The Morgan fingerprint density at radius 3 is 2.44 bits per heavy atom. The lowest BCUT2D eigenvalue weighted by Crippen LogP contribution is -2.47. The van der Waals surface area contributed by atoms with Gasteiger partial charge in [0.05, 0.1) is 24.3 Å². The molecule has 1 aliphatic heterocycles. The molecule has 1 saturated heterocycles. The Morgan fingerprint density at radius 2 is 1.74 bits per heavy atom. The van der Waals surface area contributed by atoms with E-state index in [2.05, 4.69) is 10.2 Å². The number of anilines is 1. The van der Waals surface area contributed by atoms with Crippen LogP contribution in [0.1, 0.15) is 23.2 Å². The van der Waals surface area contributed by atoms with Crippen LogP contribution in [0.15, 0.2) is 24.3 Å². The van der Waals surface area contributed by atoms with Gasteiger partial charge in [-0.25, -0.2) is 0 Å². The lowest BCUT2D eigenvalue weighted by atomic mass is 10.1. The zero-order valence-corrected chi connectivity index (χ0v) is 15.9. The first-order chi connectivity index (χ1) is 13.0. The Labute approximate surface area is 159 Å². The van der Waals surface area contributed by atoms with E-state index in [1.54, 1.807) is 29.2 Å². The van der Waals surface area contributed by atoms with E-state index in [9.17, 15) is 14.4 Å². The average Bonchev–Trinajstić information content (AvgIpc) is 2.67. The van der Waals surface area contributed by atoms with Gasteiger partial charge in [0.25, 0.3) is 5.91 Å². The molecule has 1 fully saturated rings. The van der Waals surface area contributed by atoms with Crippen LogP contribution < -0.4 is 5.32 Å². The maximum Gasteiger partial charge on any atom is 0.306 e. The van der Waals surface area contributed by atoms with Gasteiger partial charge in [-0.15, -0.1) is 0 Å². The molecule has 1 aromatic carbocycles. The Hall–Kier alpha value is -2.45. The van der Waals surface area contributed by atoms with Crippen molar-refractivity contribution in [1.29, 1.82) is 0 Å². The second-order valence-corrected chi connectivity index (χ2v) is 6.40. The van der Waals surface area contributed by atoms with Crippen LogP contribution in [0.4, 0.5) is 5.69 Å². The third-order valence-electron chi connectivity index (χ3n) is 4.33. The minimum Gasteiger partial charge on any atom is -0.463 e. The Morgan fingerprint density at radius 1 is 1.04 bits per heavy atom. The van der Waals surface area contributed by atoms with Gasteiger partial charge in [0.1, 0.15) is 6.61 Å².